The van der Waals surface area contributed by atoms with E-state index in [4.69, 9.17) is 11.6 Å². The zero-order chi connectivity index (χ0) is 18.8. The van der Waals surface area contributed by atoms with Crippen LogP contribution in [0.3, 0.4) is 0 Å². The number of aryl methyl sites for hydroxylation is 1. The Kier molecular flexibility index (Phi) is 4.91. The van der Waals surface area contributed by atoms with Gasteiger partial charge in [-0.15, -0.1) is 10.2 Å². The van der Waals surface area contributed by atoms with Crippen LogP contribution in [0, 0.1) is 6.92 Å². The van der Waals surface area contributed by atoms with Gasteiger partial charge in [0.05, 0.1) is 17.3 Å². The highest BCUT2D eigenvalue weighted by Crippen LogP contribution is 2.27. The Bertz CT molecular complexity index is 1020. The highest BCUT2D eigenvalue weighted by molar-refractivity contribution is 7.15. The lowest BCUT2D eigenvalue weighted by Crippen LogP contribution is -2.07. The number of aromatic nitrogens is 6. The van der Waals surface area contributed by atoms with Gasteiger partial charge in [-0.05, 0) is 19.4 Å². The first-order valence-corrected chi connectivity index (χ1v) is 9.67. The van der Waals surface area contributed by atoms with Crippen LogP contribution in [0.25, 0.3) is 0 Å². The van der Waals surface area contributed by atoms with Gasteiger partial charge in [0.1, 0.15) is 11.0 Å². The van der Waals surface area contributed by atoms with Gasteiger partial charge in [0.15, 0.2) is 5.82 Å². The van der Waals surface area contributed by atoms with Gasteiger partial charge in [-0.2, -0.15) is 10.2 Å². The van der Waals surface area contributed by atoms with E-state index in [1.54, 1.807) is 10.9 Å². The van der Waals surface area contributed by atoms with E-state index < -0.39 is 0 Å². The van der Waals surface area contributed by atoms with Crippen LogP contribution in [0.15, 0.2) is 48.8 Å². The first kappa shape index (κ1) is 17.7. The fourth-order valence-corrected chi connectivity index (χ4v) is 3.55. The van der Waals surface area contributed by atoms with E-state index in [2.05, 4.69) is 37.8 Å². The van der Waals surface area contributed by atoms with Gasteiger partial charge in [-0.3, -0.25) is 9.36 Å². The molecule has 0 fully saturated rings. The van der Waals surface area contributed by atoms with Gasteiger partial charge < -0.3 is 5.32 Å². The molecule has 0 unspecified atom stereocenters. The number of anilines is 2. The molecule has 1 N–H and O–H groups in total. The Morgan fingerprint density at radius 3 is 2.70 bits per heavy atom. The summed E-state index contributed by atoms with van der Waals surface area (Å²) < 4.78 is 3.69. The third kappa shape index (κ3) is 4.01. The first-order chi connectivity index (χ1) is 13.1. The van der Waals surface area contributed by atoms with Crippen LogP contribution in [0.5, 0.6) is 0 Å². The van der Waals surface area contributed by atoms with E-state index in [0.29, 0.717) is 10.2 Å². The summed E-state index contributed by atoms with van der Waals surface area (Å²) in [7, 11) is 0. The SMILES string of the molecule is Cc1nn([C@H](C)c2nnc(Nc3ccn(Cc4ccccc4)n3)s2)cc1Cl. The molecule has 0 radical (unpaired) electrons. The van der Waals surface area contributed by atoms with Crippen molar-refractivity contribution in [1.29, 1.82) is 0 Å². The van der Waals surface area contributed by atoms with Crippen LogP contribution in [0.4, 0.5) is 10.9 Å². The number of benzene rings is 1. The van der Waals surface area contributed by atoms with E-state index in [1.165, 1.54) is 16.9 Å². The molecule has 9 heteroatoms. The minimum Gasteiger partial charge on any atom is -0.313 e. The van der Waals surface area contributed by atoms with Crippen molar-refractivity contribution in [3.05, 3.63) is 70.1 Å². The molecule has 4 rings (SSSR count). The molecule has 0 saturated carbocycles. The van der Waals surface area contributed by atoms with E-state index >= 15 is 0 Å². The van der Waals surface area contributed by atoms with Crippen molar-refractivity contribution in [1.82, 2.24) is 29.8 Å². The van der Waals surface area contributed by atoms with Crippen LogP contribution in [-0.4, -0.2) is 29.8 Å². The molecule has 7 nitrogen and oxygen atoms in total. The number of rotatable bonds is 6. The molecule has 0 aliphatic carbocycles. The van der Waals surface area contributed by atoms with Crippen molar-refractivity contribution in [3.63, 3.8) is 0 Å². The summed E-state index contributed by atoms with van der Waals surface area (Å²) >= 11 is 7.57. The molecule has 0 saturated heterocycles. The van der Waals surface area contributed by atoms with E-state index in [9.17, 15) is 0 Å². The van der Waals surface area contributed by atoms with Gasteiger partial charge in [0, 0.05) is 18.5 Å². The molecule has 0 bridgehead atoms. The Balaban J connectivity index is 1.43. The Morgan fingerprint density at radius 2 is 1.96 bits per heavy atom. The zero-order valence-corrected chi connectivity index (χ0v) is 16.4. The normalized spacial score (nSPS) is 12.3. The lowest BCUT2D eigenvalue weighted by atomic mass is 10.2. The summed E-state index contributed by atoms with van der Waals surface area (Å²) in [5, 5.41) is 22.8. The molecule has 3 heterocycles. The summed E-state index contributed by atoms with van der Waals surface area (Å²) in [4.78, 5) is 0. The van der Waals surface area contributed by atoms with Crippen LogP contribution in [0.1, 0.15) is 29.2 Å². The van der Waals surface area contributed by atoms with Crippen molar-refractivity contribution in [2.75, 3.05) is 5.32 Å². The van der Waals surface area contributed by atoms with Crippen molar-refractivity contribution in [2.24, 2.45) is 0 Å². The maximum Gasteiger partial charge on any atom is 0.211 e. The smallest absolute Gasteiger partial charge is 0.211 e. The second-order valence-corrected chi connectivity index (χ2v) is 7.59. The zero-order valence-electron chi connectivity index (χ0n) is 14.9. The molecule has 1 atom stereocenters. The van der Waals surface area contributed by atoms with Crippen molar-refractivity contribution < 1.29 is 0 Å². The lowest BCUT2D eigenvalue weighted by Gasteiger charge is -2.07. The van der Waals surface area contributed by atoms with Crippen molar-refractivity contribution in [2.45, 2.75) is 26.4 Å². The van der Waals surface area contributed by atoms with Gasteiger partial charge in [-0.1, -0.05) is 53.3 Å². The van der Waals surface area contributed by atoms with Crippen LogP contribution in [-0.2, 0) is 6.54 Å². The van der Waals surface area contributed by atoms with Crippen LogP contribution < -0.4 is 5.32 Å². The molecule has 0 aliphatic rings. The maximum absolute atomic E-state index is 6.09. The van der Waals surface area contributed by atoms with Gasteiger partial charge >= 0.3 is 0 Å². The third-order valence-corrected chi connectivity index (χ3v) is 5.49. The fraction of sp³-hybridized carbons (Fsp3) is 0.222. The highest BCUT2D eigenvalue weighted by atomic mass is 35.5. The van der Waals surface area contributed by atoms with Gasteiger partial charge in [-0.25, -0.2) is 0 Å². The standard InChI is InChI=1S/C18H18ClN7S/c1-12-15(19)11-26(23-12)13(2)17-21-22-18(27-17)20-16-8-9-25(24-16)10-14-6-4-3-5-7-14/h3-9,11,13H,10H2,1-2H3,(H,20,22,24)/t13-/m1/s1. The average molecular weight is 400 g/mol. The van der Waals surface area contributed by atoms with Crippen molar-refractivity contribution in [3.8, 4) is 0 Å². The first-order valence-electron chi connectivity index (χ1n) is 8.47. The predicted octanol–water partition coefficient (Wildman–Crippen LogP) is 4.29. The molecule has 3 aromatic heterocycles. The summed E-state index contributed by atoms with van der Waals surface area (Å²) in [6.07, 6.45) is 3.75. The summed E-state index contributed by atoms with van der Waals surface area (Å²) in [5.41, 5.74) is 2.00. The number of halogens is 1. The van der Waals surface area contributed by atoms with Gasteiger partial charge in [0.2, 0.25) is 5.13 Å². The minimum atomic E-state index is -0.0418. The number of hydrogen-bond acceptors (Lipinski definition) is 6. The fourth-order valence-electron chi connectivity index (χ4n) is 2.62. The summed E-state index contributed by atoms with van der Waals surface area (Å²) in [6.45, 7) is 4.62. The maximum atomic E-state index is 6.09. The van der Waals surface area contributed by atoms with Crippen molar-refractivity contribution >= 4 is 33.9 Å². The predicted molar refractivity (Wildman–Crippen MR) is 107 cm³/mol. The van der Waals surface area contributed by atoms with Crippen LogP contribution >= 0.6 is 22.9 Å². The quantitative estimate of drug-likeness (QED) is 0.523. The minimum absolute atomic E-state index is 0.0418. The second kappa shape index (κ2) is 7.50. The average Bonchev–Trinajstić information content (AvgIpc) is 3.38. The molecular formula is C18H18ClN7S. The molecule has 4 aromatic rings. The Labute approximate surface area is 165 Å². The summed E-state index contributed by atoms with van der Waals surface area (Å²) in [5.74, 6) is 0.735. The largest absolute Gasteiger partial charge is 0.313 e. The molecule has 0 spiro atoms. The number of hydrogen-bond donors (Lipinski definition) is 1. The summed E-state index contributed by atoms with van der Waals surface area (Å²) in [6, 6.07) is 12.1. The molecule has 138 valence electrons. The third-order valence-electron chi connectivity index (χ3n) is 4.11. The number of nitrogens with one attached hydrogen (secondary N) is 1. The van der Waals surface area contributed by atoms with E-state index in [0.717, 1.165) is 23.1 Å². The Morgan fingerprint density at radius 1 is 1.15 bits per heavy atom. The molecule has 1 aromatic carbocycles. The second-order valence-electron chi connectivity index (χ2n) is 6.17. The highest BCUT2D eigenvalue weighted by Gasteiger charge is 2.16. The van der Waals surface area contributed by atoms with E-state index in [1.807, 2.05) is 49.0 Å². The van der Waals surface area contributed by atoms with E-state index in [-0.39, 0.29) is 6.04 Å². The monoisotopic (exact) mass is 399 g/mol. The molecule has 0 amide bonds. The molecular weight excluding hydrogens is 382 g/mol. The number of nitrogens with zero attached hydrogens (tertiary/aromatic N) is 6. The lowest BCUT2D eigenvalue weighted by molar-refractivity contribution is 0.554. The molecule has 27 heavy (non-hydrogen) atoms. The topological polar surface area (TPSA) is 73.5 Å². The Hall–Kier alpha value is -2.71. The van der Waals surface area contributed by atoms with Gasteiger partial charge in [0.25, 0.3) is 0 Å². The molecule has 0 aliphatic heterocycles. The van der Waals surface area contributed by atoms with Crippen LogP contribution in [0.2, 0.25) is 5.02 Å².